The molecule has 13 heteroatoms. The highest BCUT2D eigenvalue weighted by atomic mass is 31.2. The van der Waals surface area contributed by atoms with Crippen LogP contribution in [-0.2, 0) is 4.57 Å². The van der Waals surface area contributed by atoms with E-state index in [0.717, 1.165) is 210 Å². The zero-order valence-corrected chi connectivity index (χ0v) is 78.3. The predicted octanol–water partition coefficient (Wildman–Crippen LogP) is 31.3. The van der Waals surface area contributed by atoms with Crippen LogP contribution in [0.25, 0.3) is 228 Å². The average molecular weight is 1850 g/mol. The van der Waals surface area contributed by atoms with Crippen LogP contribution in [0.4, 0.5) is 0 Å². The Bertz CT molecular complexity index is 8990. The molecule has 672 valence electrons. The highest BCUT2D eigenvalue weighted by Crippen LogP contribution is 2.48. The summed E-state index contributed by atoms with van der Waals surface area (Å²) in [7, 11) is -3.03. The Kier molecular flexibility index (Phi) is 22.3. The maximum atomic E-state index is 14.8. The number of para-hydroxylation sites is 9. The van der Waals surface area contributed by atoms with Crippen LogP contribution in [-0.4, -0.2) is 53.6 Å². The van der Waals surface area contributed by atoms with Gasteiger partial charge >= 0.3 is 0 Å². The number of fused-ring (bicyclic) bond motifs is 15. The molecule has 12 nitrogen and oxygen atoms in total. The number of hydrogen-bond donors (Lipinski definition) is 0. The lowest BCUT2D eigenvalue weighted by Crippen LogP contribution is -2.24. The van der Waals surface area contributed by atoms with Crippen LogP contribution in [0.1, 0.15) is 0 Å². The average Bonchev–Trinajstić information content (AvgIpc) is 1.56. The summed E-state index contributed by atoms with van der Waals surface area (Å²) in [6.07, 6.45) is 0. The fraction of sp³-hybridized carbons (Fsp3) is 0. The molecule has 19 aromatic carbocycles. The summed E-state index contributed by atoms with van der Waals surface area (Å²) < 4.78 is 22.0. The molecular formula is C130H86N11OP. The van der Waals surface area contributed by atoms with Crippen LogP contribution in [0, 0.1) is 0 Å². The minimum atomic E-state index is -3.03. The third-order valence-corrected chi connectivity index (χ3v) is 29.9. The van der Waals surface area contributed by atoms with Crippen LogP contribution >= 0.6 is 7.14 Å². The molecule has 0 saturated carbocycles. The SMILES string of the molecule is O=P(c1ccccc1)(c1ccccc1)c1ccc(-c2ccc(-c3nc4ccccc4c4c3c3ccccc3n4-c3ccccc3)cc2)cc1.c1ccc(-c2cc(-c3cccc(-c4nc5ccccc5c5c4c4ccccc4n5-c4ccccc4)c3)nc(-c3ccccc3)n2)cc1.c1ccc(-c2nc(-c3ccccc3)nc(-c3cccc(-c4nc5ccccc5c5c4c4ccccc4n5-c4ccccc4)c3)n2)cc1. The molecule has 0 amide bonds. The highest BCUT2D eigenvalue weighted by Gasteiger charge is 2.31. The Hall–Kier alpha value is -18.9. The molecule has 8 aromatic heterocycles. The smallest absolute Gasteiger partial charge is 0.171 e. The molecule has 0 aliphatic rings. The first kappa shape index (κ1) is 85.8. The third kappa shape index (κ3) is 15.9. The maximum Gasteiger partial charge on any atom is 0.171 e. The van der Waals surface area contributed by atoms with Crippen molar-refractivity contribution in [2.45, 2.75) is 0 Å². The molecule has 0 spiro atoms. The first-order valence-corrected chi connectivity index (χ1v) is 49.7. The van der Waals surface area contributed by atoms with E-state index >= 15 is 0 Å². The van der Waals surface area contributed by atoms with Crippen molar-refractivity contribution in [3.63, 3.8) is 0 Å². The van der Waals surface area contributed by atoms with Gasteiger partial charge in [-0.15, -0.1) is 0 Å². The van der Waals surface area contributed by atoms with Gasteiger partial charge in [0.05, 0.1) is 78.1 Å². The number of rotatable bonds is 16. The first-order valence-electron chi connectivity index (χ1n) is 48.0. The van der Waals surface area contributed by atoms with Crippen LogP contribution in [0.2, 0.25) is 0 Å². The largest absolute Gasteiger partial charge is 0.309 e. The highest BCUT2D eigenvalue weighted by molar-refractivity contribution is 7.85. The second-order valence-electron chi connectivity index (χ2n) is 35.5. The zero-order chi connectivity index (χ0) is 95.1. The molecule has 0 aliphatic heterocycles. The van der Waals surface area contributed by atoms with Gasteiger partial charge in [-0.25, -0.2) is 39.9 Å². The molecule has 27 aromatic rings. The van der Waals surface area contributed by atoms with Crippen molar-refractivity contribution in [3.8, 4) is 130 Å². The van der Waals surface area contributed by atoms with Gasteiger partial charge in [0.2, 0.25) is 0 Å². The van der Waals surface area contributed by atoms with Crippen LogP contribution in [0.5, 0.6) is 0 Å². The summed E-state index contributed by atoms with van der Waals surface area (Å²) in [5.74, 6) is 2.59. The van der Waals surface area contributed by atoms with E-state index in [1.807, 2.05) is 170 Å². The second-order valence-corrected chi connectivity index (χ2v) is 38.2. The van der Waals surface area contributed by atoms with E-state index in [0.29, 0.717) is 23.3 Å². The maximum absolute atomic E-state index is 14.8. The monoisotopic (exact) mass is 1850 g/mol. The fourth-order valence-electron chi connectivity index (χ4n) is 20.3. The molecule has 0 atom stereocenters. The van der Waals surface area contributed by atoms with Gasteiger partial charge in [0.15, 0.2) is 30.4 Å². The molecule has 8 heterocycles. The summed E-state index contributed by atoms with van der Waals surface area (Å²) in [6, 6.07) is 179. The van der Waals surface area contributed by atoms with Gasteiger partial charge in [0, 0.05) is 132 Å². The molecule has 0 bridgehead atoms. The van der Waals surface area contributed by atoms with Gasteiger partial charge < -0.3 is 18.3 Å². The minimum absolute atomic E-state index is 0.614. The number of aromatic nitrogens is 11. The number of hydrogen-bond acceptors (Lipinski definition) is 9. The Balaban J connectivity index is 0.000000113. The molecule has 27 rings (SSSR count). The normalized spacial score (nSPS) is 11.5. The van der Waals surface area contributed by atoms with Crippen molar-refractivity contribution in [3.05, 3.63) is 522 Å². The second kappa shape index (κ2) is 37.2. The number of benzene rings is 19. The van der Waals surface area contributed by atoms with Gasteiger partial charge in [0.1, 0.15) is 0 Å². The zero-order valence-electron chi connectivity index (χ0n) is 77.4. The van der Waals surface area contributed by atoms with Crippen LogP contribution < -0.4 is 15.9 Å². The Labute approximate surface area is 825 Å². The topological polar surface area (TPSA) is 135 Å². The predicted molar refractivity (Wildman–Crippen MR) is 591 cm³/mol. The lowest BCUT2D eigenvalue weighted by Gasteiger charge is -2.20. The van der Waals surface area contributed by atoms with Crippen molar-refractivity contribution >= 4 is 121 Å². The first-order chi connectivity index (χ1) is 70.8. The molecule has 0 unspecified atom stereocenters. The molecule has 0 N–H and O–H groups in total. The molecule has 0 aliphatic carbocycles. The summed E-state index contributed by atoms with van der Waals surface area (Å²) in [4.78, 5) is 40.9. The Morgan fingerprint density at radius 2 is 0.420 bits per heavy atom. The van der Waals surface area contributed by atoms with Crippen molar-refractivity contribution in [1.29, 1.82) is 0 Å². The summed E-state index contributed by atoms with van der Waals surface area (Å²) in [5, 5.41) is 12.8. The number of nitrogens with zero attached hydrogens (tertiary/aromatic N) is 11. The summed E-state index contributed by atoms with van der Waals surface area (Å²) in [6.45, 7) is 0. The van der Waals surface area contributed by atoms with Crippen molar-refractivity contribution in [2.24, 2.45) is 0 Å². The van der Waals surface area contributed by atoms with Gasteiger partial charge in [0.25, 0.3) is 0 Å². The van der Waals surface area contributed by atoms with E-state index in [-0.39, 0.29) is 0 Å². The van der Waals surface area contributed by atoms with E-state index in [4.69, 9.17) is 39.9 Å². The van der Waals surface area contributed by atoms with Gasteiger partial charge in [-0.2, -0.15) is 0 Å². The van der Waals surface area contributed by atoms with E-state index in [1.54, 1.807) is 0 Å². The standard InChI is InChI=1S/C45H31N2OP.C43H28N4.C42H27N5/c48-49(36-16-6-2-7-17-36,37-18-8-3-9-19-37)38-30-28-33(29-31-38)32-24-26-34(27-25-32)44-43-40-21-11-13-23-42(40)47(35-14-4-1-5-15-35)45(43)39-20-10-12-22-41(39)46-44;1-4-15-29(16-5-1)37-28-38(46-43(45-37)30-17-6-2-7-18-30)31-19-14-20-32(27-31)41-40-35-24-11-13-26-39(35)47(33-21-8-3-9-22-33)42(40)34-23-10-12-25-36(34)44-41;1-4-15-28(16-5-1)40-44-41(29-17-6-2-7-18-29)46-42(45-40)31-20-14-19-30(27-31)38-37-34-24-11-13-26-36(34)47(32-21-8-3-9-22-32)39(37)33-23-10-12-25-35(33)43-38/h1-31H;1-28H;1-27H. The van der Waals surface area contributed by atoms with Gasteiger partial charge in [-0.1, -0.05) is 431 Å². The number of pyridine rings is 3. The lowest BCUT2D eigenvalue weighted by atomic mass is 9.99. The quantitative estimate of drug-likeness (QED) is 0.0867. The Morgan fingerprint density at radius 3 is 0.797 bits per heavy atom. The van der Waals surface area contributed by atoms with E-state index in [2.05, 4.69) is 366 Å². The molecular weight excluding hydrogens is 1760 g/mol. The summed E-state index contributed by atoms with van der Waals surface area (Å²) >= 11 is 0. The molecule has 0 saturated heterocycles. The van der Waals surface area contributed by atoms with Crippen LogP contribution in [0.3, 0.4) is 0 Å². The third-order valence-electron chi connectivity index (χ3n) is 26.9. The van der Waals surface area contributed by atoms with Gasteiger partial charge in [-0.05, 0) is 102 Å². The van der Waals surface area contributed by atoms with E-state index in [9.17, 15) is 4.57 Å². The van der Waals surface area contributed by atoms with E-state index < -0.39 is 7.14 Å². The van der Waals surface area contributed by atoms with Crippen LogP contribution in [0.15, 0.2) is 522 Å². The van der Waals surface area contributed by atoms with Crippen molar-refractivity contribution in [2.75, 3.05) is 0 Å². The molecule has 0 radical (unpaired) electrons. The lowest BCUT2D eigenvalue weighted by molar-refractivity contribution is 0.592. The molecule has 143 heavy (non-hydrogen) atoms. The van der Waals surface area contributed by atoms with E-state index in [1.165, 1.54) is 10.8 Å². The van der Waals surface area contributed by atoms with Gasteiger partial charge in [-0.3, -0.25) is 0 Å². The Morgan fingerprint density at radius 1 is 0.168 bits per heavy atom. The molecule has 0 fully saturated rings. The minimum Gasteiger partial charge on any atom is -0.309 e. The summed E-state index contributed by atoms with van der Waals surface area (Å²) in [5.41, 5.74) is 28.8. The van der Waals surface area contributed by atoms with Crippen molar-refractivity contribution in [1.82, 2.24) is 53.6 Å². The van der Waals surface area contributed by atoms with Crippen molar-refractivity contribution < 1.29 is 4.57 Å². The fourth-order valence-corrected chi connectivity index (χ4v) is 22.9.